The van der Waals surface area contributed by atoms with Crippen LogP contribution in [0.5, 0.6) is 0 Å². The van der Waals surface area contributed by atoms with Crippen molar-refractivity contribution in [1.29, 1.82) is 0 Å². The maximum Gasteiger partial charge on any atom is 0.00719 e. The Morgan fingerprint density at radius 3 is 2.28 bits per heavy atom. The summed E-state index contributed by atoms with van der Waals surface area (Å²) in [5, 5.41) is 3.57. The number of thioether (sulfide) groups is 1. The van der Waals surface area contributed by atoms with E-state index in [0.717, 1.165) is 18.4 Å². The minimum absolute atomic E-state index is 0.591. The molecule has 0 aliphatic heterocycles. The Labute approximate surface area is 117 Å². The molecule has 18 heavy (non-hydrogen) atoms. The molecule has 1 rings (SSSR count). The topological polar surface area (TPSA) is 12.0 Å². The molecular formula is C16H27NS. The first-order valence-electron chi connectivity index (χ1n) is 7.00. The Bertz CT molecular complexity index is 308. The normalized spacial score (nSPS) is 13.2. The summed E-state index contributed by atoms with van der Waals surface area (Å²) < 4.78 is 0. The van der Waals surface area contributed by atoms with Gasteiger partial charge in [-0.25, -0.2) is 0 Å². The molecule has 2 heteroatoms. The van der Waals surface area contributed by atoms with E-state index in [1.807, 2.05) is 11.8 Å². The molecule has 0 radical (unpaired) electrons. The first kappa shape index (κ1) is 15.6. The molecule has 0 heterocycles. The van der Waals surface area contributed by atoms with Crippen molar-refractivity contribution in [3.05, 3.63) is 30.3 Å². The van der Waals surface area contributed by atoms with Gasteiger partial charge in [-0.2, -0.15) is 0 Å². The van der Waals surface area contributed by atoms with Crippen LogP contribution in [0.2, 0.25) is 0 Å². The first-order valence-corrected chi connectivity index (χ1v) is 7.99. The first-order chi connectivity index (χ1) is 8.59. The minimum Gasteiger partial charge on any atom is -0.314 e. The average molecular weight is 265 g/mol. The highest BCUT2D eigenvalue weighted by Crippen LogP contribution is 2.22. The van der Waals surface area contributed by atoms with Crippen molar-refractivity contribution < 1.29 is 0 Å². The zero-order valence-corrected chi connectivity index (χ0v) is 13.0. The fraction of sp³-hybridized carbons (Fsp3) is 0.625. The highest BCUT2D eigenvalue weighted by atomic mass is 32.2. The molecule has 102 valence electrons. The van der Waals surface area contributed by atoms with E-state index in [1.165, 1.54) is 17.1 Å². The summed E-state index contributed by atoms with van der Waals surface area (Å²) in [6, 6.07) is 11.3. The van der Waals surface area contributed by atoms with E-state index >= 15 is 0 Å². The number of benzene rings is 1. The van der Waals surface area contributed by atoms with Gasteiger partial charge in [0.15, 0.2) is 0 Å². The van der Waals surface area contributed by atoms with E-state index in [4.69, 9.17) is 0 Å². The van der Waals surface area contributed by atoms with Crippen molar-refractivity contribution in [2.24, 2.45) is 11.8 Å². The smallest absolute Gasteiger partial charge is 0.00719 e. The number of nitrogens with one attached hydrogen (secondary N) is 1. The van der Waals surface area contributed by atoms with Gasteiger partial charge in [0, 0.05) is 10.9 Å². The second-order valence-corrected chi connectivity index (χ2v) is 6.69. The molecule has 1 atom stereocenters. The lowest BCUT2D eigenvalue weighted by molar-refractivity contribution is 0.344. The zero-order valence-electron chi connectivity index (χ0n) is 12.1. The monoisotopic (exact) mass is 265 g/mol. The van der Waals surface area contributed by atoms with Crippen LogP contribution in [0.4, 0.5) is 0 Å². The largest absolute Gasteiger partial charge is 0.314 e. The van der Waals surface area contributed by atoms with Gasteiger partial charge < -0.3 is 5.32 Å². The number of hydrogen-bond acceptors (Lipinski definition) is 2. The Kier molecular flexibility index (Phi) is 7.45. The third-order valence-electron chi connectivity index (χ3n) is 3.23. The predicted octanol–water partition coefficient (Wildman–Crippen LogP) is 4.44. The van der Waals surface area contributed by atoms with Crippen LogP contribution in [-0.2, 0) is 0 Å². The molecule has 0 saturated heterocycles. The van der Waals surface area contributed by atoms with Crippen LogP contribution >= 0.6 is 11.8 Å². The van der Waals surface area contributed by atoms with E-state index in [0.29, 0.717) is 6.04 Å². The molecule has 0 fully saturated rings. The van der Waals surface area contributed by atoms with Crippen LogP contribution < -0.4 is 5.32 Å². The van der Waals surface area contributed by atoms with Gasteiger partial charge in [0.25, 0.3) is 0 Å². The molecule has 0 aliphatic rings. The SMILES string of the molecule is CC(C)NCC(CCSc1ccccc1)C(C)C. The van der Waals surface area contributed by atoms with Gasteiger partial charge in [0.05, 0.1) is 0 Å². The molecule has 0 saturated carbocycles. The Hall–Kier alpha value is -0.470. The Morgan fingerprint density at radius 2 is 1.72 bits per heavy atom. The molecule has 0 spiro atoms. The summed E-state index contributed by atoms with van der Waals surface area (Å²) in [5.41, 5.74) is 0. The van der Waals surface area contributed by atoms with Crippen molar-refractivity contribution in [1.82, 2.24) is 5.32 Å². The van der Waals surface area contributed by atoms with Crippen LogP contribution in [0.25, 0.3) is 0 Å². The van der Waals surface area contributed by atoms with E-state index < -0.39 is 0 Å². The molecule has 0 aliphatic carbocycles. The Morgan fingerprint density at radius 1 is 1.06 bits per heavy atom. The Balaban J connectivity index is 2.29. The fourth-order valence-corrected chi connectivity index (χ4v) is 2.91. The quantitative estimate of drug-likeness (QED) is 0.697. The standard InChI is InChI=1S/C16H27NS/c1-13(2)15(12-17-14(3)4)10-11-18-16-8-6-5-7-9-16/h5-9,13-15,17H,10-12H2,1-4H3. The molecule has 1 aromatic carbocycles. The number of hydrogen-bond donors (Lipinski definition) is 1. The lowest BCUT2D eigenvalue weighted by Gasteiger charge is -2.22. The van der Waals surface area contributed by atoms with Gasteiger partial charge in [-0.05, 0) is 42.7 Å². The van der Waals surface area contributed by atoms with E-state index in [2.05, 4.69) is 63.3 Å². The summed E-state index contributed by atoms with van der Waals surface area (Å²) in [6.07, 6.45) is 1.29. The van der Waals surface area contributed by atoms with Gasteiger partial charge in [0.2, 0.25) is 0 Å². The highest BCUT2D eigenvalue weighted by Gasteiger charge is 2.13. The molecular weight excluding hydrogens is 238 g/mol. The number of rotatable bonds is 8. The summed E-state index contributed by atoms with van der Waals surface area (Å²) >= 11 is 1.97. The van der Waals surface area contributed by atoms with Gasteiger partial charge in [0.1, 0.15) is 0 Å². The van der Waals surface area contributed by atoms with E-state index in [-0.39, 0.29) is 0 Å². The summed E-state index contributed by atoms with van der Waals surface area (Å²) in [7, 11) is 0. The lowest BCUT2D eigenvalue weighted by atomic mass is 9.93. The molecule has 1 nitrogen and oxygen atoms in total. The van der Waals surface area contributed by atoms with Gasteiger partial charge in [-0.15, -0.1) is 11.8 Å². The van der Waals surface area contributed by atoms with Crippen molar-refractivity contribution in [2.75, 3.05) is 12.3 Å². The van der Waals surface area contributed by atoms with Crippen molar-refractivity contribution >= 4 is 11.8 Å². The second kappa shape index (κ2) is 8.60. The summed E-state index contributed by atoms with van der Waals surface area (Å²) in [4.78, 5) is 1.39. The summed E-state index contributed by atoms with van der Waals surface area (Å²) in [5.74, 6) is 2.75. The van der Waals surface area contributed by atoms with Crippen molar-refractivity contribution in [3.63, 3.8) is 0 Å². The average Bonchev–Trinajstić information content (AvgIpc) is 2.34. The van der Waals surface area contributed by atoms with Crippen LogP contribution in [-0.4, -0.2) is 18.3 Å². The molecule has 1 aromatic rings. The third kappa shape index (κ3) is 6.46. The molecule has 1 unspecified atom stereocenters. The van der Waals surface area contributed by atoms with Crippen LogP contribution in [0.15, 0.2) is 35.2 Å². The highest BCUT2D eigenvalue weighted by molar-refractivity contribution is 7.99. The van der Waals surface area contributed by atoms with Crippen molar-refractivity contribution in [2.45, 2.75) is 45.1 Å². The van der Waals surface area contributed by atoms with Crippen LogP contribution in [0, 0.1) is 11.8 Å². The second-order valence-electron chi connectivity index (χ2n) is 5.52. The zero-order chi connectivity index (χ0) is 13.4. The fourth-order valence-electron chi connectivity index (χ4n) is 1.90. The minimum atomic E-state index is 0.591. The van der Waals surface area contributed by atoms with Crippen LogP contribution in [0.3, 0.4) is 0 Å². The maximum absolute atomic E-state index is 3.57. The molecule has 0 amide bonds. The van der Waals surface area contributed by atoms with Crippen molar-refractivity contribution in [3.8, 4) is 0 Å². The predicted molar refractivity (Wildman–Crippen MR) is 83.2 cm³/mol. The summed E-state index contributed by atoms with van der Waals surface area (Å²) in [6.45, 7) is 10.2. The molecule has 1 N–H and O–H groups in total. The van der Waals surface area contributed by atoms with Gasteiger partial charge in [-0.3, -0.25) is 0 Å². The third-order valence-corrected chi connectivity index (χ3v) is 4.28. The molecule has 0 aromatic heterocycles. The van der Waals surface area contributed by atoms with Crippen LogP contribution in [0.1, 0.15) is 34.1 Å². The van der Waals surface area contributed by atoms with Gasteiger partial charge in [-0.1, -0.05) is 45.9 Å². The maximum atomic E-state index is 3.57. The van der Waals surface area contributed by atoms with E-state index in [9.17, 15) is 0 Å². The lowest BCUT2D eigenvalue weighted by Crippen LogP contribution is -2.31. The van der Waals surface area contributed by atoms with E-state index in [1.54, 1.807) is 0 Å². The molecule has 0 bridgehead atoms. The van der Waals surface area contributed by atoms with Gasteiger partial charge >= 0.3 is 0 Å².